The summed E-state index contributed by atoms with van der Waals surface area (Å²) in [7, 11) is 0. The predicted molar refractivity (Wildman–Crippen MR) is 74.2 cm³/mol. The molecule has 0 aliphatic carbocycles. The predicted octanol–water partition coefficient (Wildman–Crippen LogP) is 3.21. The Morgan fingerprint density at radius 2 is 1.67 bits per heavy atom. The molecule has 2 aromatic rings. The van der Waals surface area contributed by atoms with E-state index in [1.165, 1.54) is 11.1 Å². The van der Waals surface area contributed by atoms with Crippen LogP contribution in [0.5, 0.6) is 0 Å². The van der Waals surface area contributed by atoms with Crippen LogP contribution in [0.4, 0.5) is 0 Å². The van der Waals surface area contributed by atoms with Gasteiger partial charge in [0.2, 0.25) is 0 Å². The van der Waals surface area contributed by atoms with E-state index in [1.807, 2.05) is 42.5 Å². The summed E-state index contributed by atoms with van der Waals surface area (Å²) in [4.78, 5) is 0. The highest BCUT2D eigenvalue weighted by Crippen LogP contribution is 2.12. The molecule has 2 nitrogen and oxygen atoms in total. The molecule has 2 aromatic carbocycles. The van der Waals surface area contributed by atoms with Crippen LogP contribution in [0.1, 0.15) is 22.7 Å². The van der Waals surface area contributed by atoms with Gasteiger partial charge in [-0.1, -0.05) is 54.6 Å². The van der Waals surface area contributed by atoms with Gasteiger partial charge < -0.3 is 10.5 Å². The van der Waals surface area contributed by atoms with E-state index in [0.717, 1.165) is 5.56 Å². The number of aryl methyl sites for hydroxylation is 1. The maximum atomic E-state index is 6.07. The quantitative estimate of drug-likeness (QED) is 0.872. The molecular formula is C16H19NO. The number of hydrogen-bond donors (Lipinski definition) is 1. The van der Waals surface area contributed by atoms with Crippen LogP contribution >= 0.6 is 0 Å². The topological polar surface area (TPSA) is 35.2 Å². The van der Waals surface area contributed by atoms with E-state index in [-0.39, 0.29) is 6.04 Å². The third kappa shape index (κ3) is 3.42. The third-order valence-corrected chi connectivity index (χ3v) is 3.04. The van der Waals surface area contributed by atoms with Crippen LogP contribution in [0.2, 0.25) is 0 Å². The first-order valence-corrected chi connectivity index (χ1v) is 6.20. The van der Waals surface area contributed by atoms with E-state index in [9.17, 15) is 0 Å². The van der Waals surface area contributed by atoms with E-state index < -0.39 is 0 Å². The molecule has 0 saturated heterocycles. The smallest absolute Gasteiger partial charge is 0.0720 e. The molecule has 0 fully saturated rings. The number of nitrogens with two attached hydrogens (primary N) is 1. The highest BCUT2D eigenvalue weighted by Gasteiger charge is 2.05. The molecule has 1 atom stereocenters. The SMILES string of the molecule is Cc1ccccc1COC[C@@H](N)c1ccccc1. The van der Waals surface area contributed by atoms with Gasteiger partial charge in [0, 0.05) is 0 Å². The zero-order valence-electron chi connectivity index (χ0n) is 10.7. The summed E-state index contributed by atoms with van der Waals surface area (Å²) >= 11 is 0. The molecule has 2 heteroatoms. The number of rotatable bonds is 5. The van der Waals surface area contributed by atoms with Crippen molar-refractivity contribution in [2.75, 3.05) is 6.61 Å². The van der Waals surface area contributed by atoms with E-state index in [1.54, 1.807) is 0 Å². The maximum absolute atomic E-state index is 6.07. The molecule has 94 valence electrons. The Hall–Kier alpha value is -1.64. The first-order valence-electron chi connectivity index (χ1n) is 6.20. The van der Waals surface area contributed by atoms with Crippen molar-refractivity contribution in [2.45, 2.75) is 19.6 Å². The molecule has 0 saturated carbocycles. The molecule has 0 unspecified atom stereocenters. The van der Waals surface area contributed by atoms with Gasteiger partial charge in [-0.3, -0.25) is 0 Å². The zero-order chi connectivity index (χ0) is 12.8. The highest BCUT2D eigenvalue weighted by atomic mass is 16.5. The van der Waals surface area contributed by atoms with Gasteiger partial charge in [-0.2, -0.15) is 0 Å². The second-order valence-corrected chi connectivity index (χ2v) is 4.46. The van der Waals surface area contributed by atoms with Gasteiger partial charge in [-0.25, -0.2) is 0 Å². The van der Waals surface area contributed by atoms with Gasteiger partial charge in [-0.15, -0.1) is 0 Å². The van der Waals surface area contributed by atoms with Crippen LogP contribution in [0.15, 0.2) is 54.6 Å². The lowest BCUT2D eigenvalue weighted by Crippen LogP contribution is -2.17. The largest absolute Gasteiger partial charge is 0.375 e. The summed E-state index contributed by atoms with van der Waals surface area (Å²) in [5, 5.41) is 0. The average Bonchev–Trinajstić information content (AvgIpc) is 2.42. The van der Waals surface area contributed by atoms with E-state index in [2.05, 4.69) is 19.1 Å². The van der Waals surface area contributed by atoms with Crippen molar-refractivity contribution in [3.8, 4) is 0 Å². The molecule has 0 bridgehead atoms. The zero-order valence-corrected chi connectivity index (χ0v) is 10.7. The van der Waals surface area contributed by atoms with Crippen LogP contribution in [0.25, 0.3) is 0 Å². The lowest BCUT2D eigenvalue weighted by Gasteiger charge is -2.13. The minimum absolute atomic E-state index is 0.0600. The van der Waals surface area contributed by atoms with Crippen molar-refractivity contribution < 1.29 is 4.74 Å². The average molecular weight is 241 g/mol. The summed E-state index contributed by atoms with van der Waals surface area (Å²) in [6.45, 7) is 3.25. The molecule has 0 aliphatic heterocycles. The third-order valence-electron chi connectivity index (χ3n) is 3.04. The Bertz CT molecular complexity index is 481. The molecule has 0 aromatic heterocycles. The molecule has 2 rings (SSSR count). The van der Waals surface area contributed by atoms with E-state index >= 15 is 0 Å². The summed E-state index contributed by atoms with van der Waals surface area (Å²) < 4.78 is 5.69. The van der Waals surface area contributed by atoms with Gasteiger partial charge in [0.15, 0.2) is 0 Å². The van der Waals surface area contributed by atoms with E-state index in [4.69, 9.17) is 10.5 Å². The van der Waals surface area contributed by atoms with Crippen molar-refractivity contribution in [3.05, 3.63) is 71.3 Å². The van der Waals surface area contributed by atoms with Gasteiger partial charge in [-0.05, 0) is 23.6 Å². The Labute approximate surface area is 108 Å². The minimum atomic E-state index is -0.0600. The van der Waals surface area contributed by atoms with Gasteiger partial charge >= 0.3 is 0 Å². The Morgan fingerprint density at radius 3 is 2.39 bits per heavy atom. The molecule has 2 N–H and O–H groups in total. The van der Waals surface area contributed by atoms with Gasteiger partial charge in [0.1, 0.15) is 0 Å². The molecule has 0 aliphatic rings. The number of ether oxygens (including phenoxy) is 1. The molecule has 0 heterocycles. The van der Waals surface area contributed by atoms with Gasteiger partial charge in [0.25, 0.3) is 0 Å². The first kappa shape index (κ1) is 12.8. The second kappa shape index (κ2) is 6.34. The molecule has 0 spiro atoms. The fourth-order valence-corrected chi connectivity index (χ4v) is 1.86. The molecule has 0 amide bonds. The molecular weight excluding hydrogens is 222 g/mol. The summed E-state index contributed by atoms with van der Waals surface area (Å²) in [6.07, 6.45) is 0. The van der Waals surface area contributed by atoms with Crippen LogP contribution in [-0.2, 0) is 11.3 Å². The summed E-state index contributed by atoms with van der Waals surface area (Å²) in [5.41, 5.74) is 9.66. The number of benzene rings is 2. The van der Waals surface area contributed by atoms with Crippen molar-refractivity contribution in [1.82, 2.24) is 0 Å². The highest BCUT2D eigenvalue weighted by molar-refractivity contribution is 5.24. The Morgan fingerprint density at radius 1 is 1.00 bits per heavy atom. The van der Waals surface area contributed by atoms with Crippen molar-refractivity contribution in [1.29, 1.82) is 0 Å². The van der Waals surface area contributed by atoms with E-state index in [0.29, 0.717) is 13.2 Å². The number of hydrogen-bond acceptors (Lipinski definition) is 2. The first-order chi connectivity index (χ1) is 8.77. The fraction of sp³-hybridized carbons (Fsp3) is 0.250. The van der Waals surface area contributed by atoms with Crippen LogP contribution in [-0.4, -0.2) is 6.61 Å². The van der Waals surface area contributed by atoms with Crippen molar-refractivity contribution in [3.63, 3.8) is 0 Å². The summed E-state index contributed by atoms with van der Waals surface area (Å²) in [5.74, 6) is 0. The van der Waals surface area contributed by atoms with Crippen LogP contribution in [0, 0.1) is 6.92 Å². The standard InChI is InChI=1S/C16H19NO/c1-13-7-5-6-10-15(13)11-18-12-16(17)14-8-3-2-4-9-14/h2-10,16H,11-12,17H2,1H3/t16-/m1/s1. The second-order valence-electron chi connectivity index (χ2n) is 4.46. The van der Waals surface area contributed by atoms with Crippen LogP contribution in [0.3, 0.4) is 0 Å². The molecule has 18 heavy (non-hydrogen) atoms. The van der Waals surface area contributed by atoms with Crippen molar-refractivity contribution >= 4 is 0 Å². The lowest BCUT2D eigenvalue weighted by atomic mass is 10.1. The lowest BCUT2D eigenvalue weighted by molar-refractivity contribution is 0.107. The van der Waals surface area contributed by atoms with Crippen molar-refractivity contribution in [2.24, 2.45) is 5.73 Å². The van der Waals surface area contributed by atoms with Crippen LogP contribution < -0.4 is 5.73 Å². The normalized spacial score (nSPS) is 12.3. The van der Waals surface area contributed by atoms with Gasteiger partial charge in [0.05, 0.1) is 19.3 Å². The maximum Gasteiger partial charge on any atom is 0.0720 e. The summed E-state index contributed by atoms with van der Waals surface area (Å²) in [6, 6.07) is 18.2. The molecule has 0 radical (unpaired) electrons. The minimum Gasteiger partial charge on any atom is -0.375 e. The monoisotopic (exact) mass is 241 g/mol. The Balaban J connectivity index is 1.84. The fourth-order valence-electron chi connectivity index (χ4n) is 1.86. The Kier molecular flexibility index (Phi) is 4.51.